The molecule has 0 saturated heterocycles. The fourth-order valence-electron chi connectivity index (χ4n) is 1.82. The van der Waals surface area contributed by atoms with Crippen LogP contribution in [0.1, 0.15) is 16.7 Å². The molecule has 2 rings (SSSR count). The first-order valence-corrected chi connectivity index (χ1v) is 6.47. The standard InChI is InChI=1S/C15H14ClN3/c1-19(15-6-5-14(8-16)10-18-15)11-13-4-2-3-12(7-13)9-17/h2-7,10H,8,11H2,1H3. The zero-order chi connectivity index (χ0) is 13.7. The Morgan fingerprint density at radius 3 is 2.74 bits per heavy atom. The van der Waals surface area contributed by atoms with Crippen molar-refractivity contribution in [3.8, 4) is 6.07 Å². The lowest BCUT2D eigenvalue weighted by atomic mass is 10.1. The molecule has 0 aliphatic carbocycles. The Hall–Kier alpha value is -2.05. The van der Waals surface area contributed by atoms with Gasteiger partial charge in [-0.1, -0.05) is 18.2 Å². The lowest BCUT2D eigenvalue weighted by Gasteiger charge is -2.18. The van der Waals surface area contributed by atoms with Crippen molar-refractivity contribution >= 4 is 17.4 Å². The molecule has 1 aromatic carbocycles. The maximum absolute atomic E-state index is 8.88. The van der Waals surface area contributed by atoms with E-state index < -0.39 is 0 Å². The van der Waals surface area contributed by atoms with Gasteiger partial charge in [0.1, 0.15) is 5.82 Å². The van der Waals surface area contributed by atoms with Crippen molar-refractivity contribution in [3.05, 3.63) is 59.3 Å². The van der Waals surface area contributed by atoms with E-state index in [1.807, 2.05) is 42.3 Å². The van der Waals surface area contributed by atoms with E-state index in [1.165, 1.54) is 0 Å². The van der Waals surface area contributed by atoms with Crippen molar-refractivity contribution in [2.75, 3.05) is 11.9 Å². The number of nitrogens with zero attached hydrogens (tertiary/aromatic N) is 3. The minimum absolute atomic E-state index is 0.473. The maximum atomic E-state index is 8.88. The van der Waals surface area contributed by atoms with Crippen LogP contribution in [0.5, 0.6) is 0 Å². The Labute approximate surface area is 118 Å². The summed E-state index contributed by atoms with van der Waals surface area (Å²) in [4.78, 5) is 6.40. The van der Waals surface area contributed by atoms with Gasteiger partial charge in [0.15, 0.2) is 0 Å². The van der Waals surface area contributed by atoms with Crippen LogP contribution >= 0.6 is 11.6 Å². The highest BCUT2D eigenvalue weighted by Gasteiger charge is 2.04. The molecular formula is C15H14ClN3. The third-order valence-electron chi connectivity index (χ3n) is 2.83. The zero-order valence-electron chi connectivity index (χ0n) is 10.7. The fourth-order valence-corrected chi connectivity index (χ4v) is 1.97. The lowest BCUT2D eigenvalue weighted by Crippen LogP contribution is -2.17. The maximum Gasteiger partial charge on any atom is 0.128 e. The van der Waals surface area contributed by atoms with E-state index >= 15 is 0 Å². The van der Waals surface area contributed by atoms with Crippen molar-refractivity contribution in [2.24, 2.45) is 0 Å². The van der Waals surface area contributed by atoms with Gasteiger partial charge in [0.2, 0.25) is 0 Å². The molecule has 0 fully saturated rings. The van der Waals surface area contributed by atoms with Gasteiger partial charge in [0.25, 0.3) is 0 Å². The first kappa shape index (κ1) is 13.4. The van der Waals surface area contributed by atoms with E-state index in [-0.39, 0.29) is 0 Å². The molecule has 0 aliphatic rings. The molecule has 0 saturated carbocycles. The number of rotatable bonds is 4. The van der Waals surface area contributed by atoms with Crippen LogP contribution < -0.4 is 4.90 Å². The quantitative estimate of drug-likeness (QED) is 0.801. The summed E-state index contributed by atoms with van der Waals surface area (Å²) in [5.41, 5.74) is 2.77. The molecule has 0 N–H and O–H groups in total. The van der Waals surface area contributed by atoms with E-state index in [0.717, 1.165) is 16.9 Å². The molecular weight excluding hydrogens is 258 g/mol. The van der Waals surface area contributed by atoms with Crippen LogP contribution in [-0.4, -0.2) is 12.0 Å². The minimum Gasteiger partial charge on any atom is -0.355 e. The molecule has 3 nitrogen and oxygen atoms in total. The molecule has 0 unspecified atom stereocenters. The largest absolute Gasteiger partial charge is 0.355 e. The topological polar surface area (TPSA) is 39.9 Å². The Morgan fingerprint density at radius 2 is 2.11 bits per heavy atom. The Morgan fingerprint density at radius 1 is 1.26 bits per heavy atom. The first-order chi connectivity index (χ1) is 9.22. The first-order valence-electron chi connectivity index (χ1n) is 5.94. The Kier molecular flexibility index (Phi) is 4.38. The number of nitriles is 1. The molecule has 19 heavy (non-hydrogen) atoms. The van der Waals surface area contributed by atoms with Crippen molar-refractivity contribution in [2.45, 2.75) is 12.4 Å². The summed E-state index contributed by atoms with van der Waals surface area (Å²) in [6.07, 6.45) is 1.78. The van der Waals surface area contributed by atoms with Crippen LogP contribution in [0.25, 0.3) is 0 Å². The highest BCUT2D eigenvalue weighted by atomic mass is 35.5. The van der Waals surface area contributed by atoms with Crippen molar-refractivity contribution in [1.29, 1.82) is 5.26 Å². The van der Waals surface area contributed by atoms with Gasteiger partial charge in [-0.25, -0.2) is 4.98 Å². The van der Waals surface area contributed by atoms with Gasteiger partial charge < -0.3 is 4.90 Å². The number of hydrogen-bond donors (Lipinski definition) is 0. The van der Waals surface area contributed by atoms with E-state index in [9.17, 15) is 0 Å². The lowest BCUT2D eigenvalue weighted by molar-refractivity contribution is 0.896. The molecule has 0 radical (unpaired) electrons. The number of hydrogen-bond acceptors (Lipinski definition) is 3. The monoisotopic (exact) mass is 271 g/mol. The van der Waals surface area contributed by atoms with Crippen LogP contribution in [0.4, 0.5) is 5.82 Å². The minimum atomic E-state index is 0.473. The number of benzene rings is 1. The molecule has 2 aromatic rings. The summed E-state index contributed by atoms with van der Waals surface area (Å²) in [5, 5.41) is 8.88. The van der Waals surface area contributed by atoms with Crippen LogP contribution in [-0.2, 0) is 12.4 Å². The number of anilines is 1. The van der Waals surface area contributed by atoms with Crippen LogP contribution in [0.15, 0.2) is 42.6 Å². The third-order valence-corrected chi connectivity index (χ3v) is 3.14. The predicted molar refractivity (Wildman–Crippen MR) is 77.1 cm³/mol. The normalized spacial score (nSPS) is 9.95. The van der Waals surface area contributed by atoms with Crippen LogP contribution in [0.3, 0.4) is 0 Å². The summed E-state index contributed by atoms with van der Waals surface area (Å²) in [5.74, 6) is 1.36. The molecule has 0 spiro atoms. The summed E-state index contributed by atoms with van der Waals surface area (Å²) in [6, 6.07) is 13.7. The Balaban J connectivity index is 2.11. The van der Waals surface area contributed by atoms with E-state index in [4.69, 9.17) is 16.9 Å². The summed E-state index contributed by atoms with van der Waals surface area (Å²) in [6.45, 7) is 0.711. The molecule has 1 aromatic heterocycles. The van der Waals surface area contributed by atoms with Crippen molar-refractivity contribution < 1.29 is 0 Å². The van der Waals surface area contributed by atoms with Gasteiger partial charge in [-0.3, -0.25) is 0 Å². The molecule has 1 heterocycles. The molecule has 96 valence electrons. The average molecular weight is 272 g/mol. The zero-order valence-corrected chi connectivity index (χ0v) is 11.4. The number of alkyl halides is 1. The van der Waals surface area contributed by atoms with Gasteiger partial charge in [-0.15, -0.1) is 11.6 Å². The highest BCUT2D eigenvalue weighted by molar-refractivity contribution is 6.17. The van der Waals surface area contributed by atoms with Crippen LogP contribution in [0, 0.1) is 11.3 Å². The summed E-state index contributed by atoms with van der Waals surface area (Å²) < 4.78 is 0. The van der Waals surface area contributed by atoms with E-state index in [0.29, 0.717) is 18.0 Å². The molecule has 0 bridgehead atoms. The number of aromatic nitrogens is 1. The van der Waals surface area contributed by atoms with E-state index in [1.54, 1.807) is 12.3 Å². The van der Waals surface area contributed by atoms with Gasteiger partial charge in [0, 0.05) is 25.7 Å². The average Bonchev–Trinajstić information content (AvgIpc) is 2.47. The van der Waals surface area contributed by atoms with Gasteiger partial charge in [0.05, 0.1) is 11.6 Å². The predicted octanol–water partition coefficient (Wildman–Crippen LogP) is 3.33. The smallest absolute Gasteiger partial charge is 0.128 e. The molecule has 0 aliphatic heterocycles. The number of halogens is 1. The molecule has 4 heteroatoms. The summed E-state index contributed by atoms with van der Waals surface area (Å²) in [7, 11) is 1.97. The van der Waals surface area contributed by atoms with Crippen LogP contribution in [0.2, 0.25) is 0 Å². The summed E-state index contributed by atoms with van der Waals surface area (Å²) >= 11 is 5.74. The van der Waals surface area contributed by atoms with Crippen molar-refractivity contribution in [1.82, 2.24) is 4.98 Å². The fraction of sp³-hybridized carbons (Fsp3) is 0.200. The SMILES string of the molecule is CN(Cc1cccc(C#N)c1)c1ccc(CCl)cn1. The molecule has 0 amide bonds. The highest BCUT2D eigenvalue weighted by Crippen LogP contribution is 2.14. The second kappa shape index (κ2) is 6.21. The second-order valence-electron chi connectivity index (χ2n) is 4.33. The van der Waals surface area contributed by atoms with E-state index in [2.05, 4.69) is 11.1 Å². The second-order valence-corrected chi connectivity index (χ2v) is 4.59. The van der Waals surface area contributed by atoms with Gasteiger partial charge in [-0.05, 0) is 29.3 Å². The van der Waals surface area contributed by atoms with Crippen molar-refractivity contribution in [3.63, 3.8) is 0 Å². The third kappa shape index (κ3) is 3.46. The molecule has 0 atom stereocenters. The number of pyridine rings is 1. The van der Waals surface area contributed by atoms with Gasteiger partial charge >= 0.3 is 0 Å². The Bertz CT molecular complexity index is 587. The van der Waals surface area contributed by atoms with Gasteiger partial charge in [-0.2, -0.15) is 5.26 Å².